The summed E-state index contributed by atoms with van der Waals surface area (Å²) in [6.07, 6.45) is 3.37. The SMILES string of the molecule is Cc1cc(Sc2ncccn2)ccc1NC(=O)N(C)CC(C)C(=O)O. The average Bonchev–Trinajstić information content (AvgIpc) is 2.58. The van der Waals surface area contributed by atoms with Gasteiger partial charge >= 0.3 is 12.0 Å². The van der Waals surface area contributed by atoms with E-state index in [1.54, 1.807) is 32.4 Å². The van der Waals surface area contributed by atoms with E-state index in [2.05, 4.69) is 15.3 Å². The number of carboxylic acid groups (broad SMARTS) is 1. The molecular weight excluding hydrogens is 340 g/mol. The molecule has 8 heteroatoms. The van der Waals surface area contributed by atoms with Crippen LogP contribution in [-0.2, 0) is 4.79 Å². The van der Waals surface area contributed by atoms with Crippen molar-refractivity contribution in [1.29, 1.82) is 0 Å². The molecule has 1 unspecified atom stereocenters. The molecule has 0 fully saturated rings. The number of carbonyl (C=O) groups is 2. The number of aryl methyl sites for hydroxylation is 1. The summed E-state index contributed by atoms with van der Waals surface area (Å²) >= 11 is 1.44. The topological polar surface area (TPSA) is 95.4 Å². The number of aliphatic carboxylic acids is 1. The molecule has 132 valence electrons. The lowest BCUT2D eigenvalue weighted by Gasteiger charge is -2.20. The molecule has 2 aromatic rings. The van der Waals surface area contributed by atoms with Crippen molar-refractivity contribution in [3.8, 4) is 0 Å². The van der Waals surface area contributed by atoms with Gasteiger partial charge in [0.25, 0.3) is 0 Å². The summed E-state index contributed by atoms with van der Waals surface area (Å²) in [4.78, 5) is 33.7. The van der Waals surface area contributed by atoms with Crippen molar-refractivity contribution in [2.45, 2.75) is 23.9 Å². The molecule has 0 aliphatic carbocycles. The highest BCUT2D eigenvalue weighted by Crippen LogP contribution is 2.28. The van der Waals surface area contributed by atoms with E-state index in [1.807, 2.05) is 25.1 Å². The van der Waals surface area contributed by atoms with E-state index in [9.17, 15) is 9.59 Å². The van der Waals surface area contributed by atoms with Gasteiger partial charge in [0, 0.05) is 36.6 Å². The minimum Gasteiger partial charge on any atom is -0.481 e. The third-order valence-corrected chi connectivity index (χ3v) is 4.39. The first kappa shape index (κ1) is 18.7. The molecule has 1 aromatic heterocycles. The van der Waals surface area contributed by atoms with Crippen molar-refractivity contribution >= 4 is 29.4 Å². The minimum absolute atomic E-state index is 0.138. The Morgan fingerprint density at radius 2 is 2.00 bits per heavy atom. The van der Waals surface area contributed by atoms with Crippen LogP contribution in [0.2, 0.25) is 0 Å². The van der Waals surface area contributed by atoms with Crippen LogP contribution in [0, 0.1) is 12.8 Å². The molecule has 0 saturated heterocycles. The van der Waals surface area contributed by atoms with Gasteiger partial charge in [0.1, 0.15) is 0 Å². The lowest BCUT2D eigenvalue weighted by atomic mass is 10.2. The second kappa shape index (κ2) is 8.48. The summed E-state index contributed by atoms with van der Waals surface area (Å²) in [6, 6.07) is 7.05. The quantitative estimate of drug-likeness (QED) is 0.769. The van der Waals surface area contributed by atoms with Crippen LogP contribution in [0.3, 0.4) is 0 Å². The van der Waals surface area contributed by atoms with E-state index in [0.29, 0.717) is 10.8 Å². The van der Waals surface area contributed by atoms with Gasteiger partial charge in [-0.25, -0.2) is 14.8 Å². The molecule has 2 amide bonds. The number of carboxylic acids is 1. The first-order chi connectivity index (χ1) is 11.9. The van der Waals surface area contributed by atoms with Gasteiger partial charge in [0.15, 0.2) is 5.16 Å². The van der Waals surface area contributed by atoms with Crippen LogP contribution >= 0.6 is 11.8 Å². The Bertz CT molecular complexity index is 755. The average molecular weight is 360 g/mol. The zero-order valence-electron chi connectivity index (χ0n) is 14.3. The van der Waals surface area contributed by atoms with Gasteiger partial charge in [-0.15, -0.1) is 0 Å². The summed E-state index contributed by atoms with van der Waals surface area (Å²) in [5.41, 5.74) is 1.58. The molecule has 2 N–H and O–H groups in total. The molecule has 0 radical (unpaired) electrons. The Kier molecular flexibility index (Phi) is 6.35. The number of carbonyl (C=O) groups excluding carboxylic acids is 1. The van der Waals surface area contributed by atoms with Crippen LogP contribution in [0.1, 0.15) is 12.5 Å². The Labute approximate surface area is 150 Å². The lowest BCUT2D eigenvalue weighted by Crippen LogP contribution is -2.36. The van der Waals surface area contributed by atoms with Gasteiger partial charge in [0.05, 0.1) is 5.92 Å². The van der Waals surface area contributed by atoms with E-state index in [-0.39, 0.29) is 12.6 Å². The third-order valence-electron chi connectivity index (χ3n) is 3.51. The predicted molar refractivity (Wildman–Crippen MR) is 95.8 cm³/mol. The molecule has 0 aliphatic rings. The van der Waals surface area contributed by atoms with Gasteiger partial charge in [-0.1, -0.05) is 6.92 Å². The van der Waals surface area contributed by atoms with Crippen molar-refractivity contribution in [2.24, 2.45) is 5.92 Å². The van der Waals surface area contributed by atoms with Crippen molar-refractivity contribution in [1.82, 2.24) is 14.9 Å². The molecule has 0 bridgehead atoms. The van der Waals surface area contributed by atoms with E-state index in [4.69, 9.17) is 5.11 Å². The summed E-state index contributed by atoms with van der Waals surface area (Å²) in [6.45, 7) is 3.60. The molecule has 2 rings (SSSR count). The smallest absolute Gasteiger partial charge is 0.321 e. The van der Waals surface area contributed by atoms with Crippen LogP contribution < -0.4 is 5.32 Å². The first-order valence-electron chi connectivity index (χ1n) is 7.67. The molecule has 7 nitrogen and oxygen atoms in total. The fourth-order valence-corrected chi connectivity index (χ4v) is 2.88. The second-order valence-corrected chi connectivity index (χ2v) is 6.70. The van der Waals surface area contributed by atoms with Crippen LogP contribution in [0.25, 0.3) is 0 Å². The molecular formula is C17H20N4O3S. The fourth-order valence-electron chi connectivity index (χ4n) is 2.07. The third kappa shape index (κ3) is 5.46. The van der Waals surface area contributed by atoms with Crippen LogP contribution in [0.4, 0.5) is 10.5 Å². The Morgan fingerprint density at radius 3 is 2.60 bits per heavy atom. The zero-order valence-corrected chi connectivity index (χ0v) is 15.1. The maximum atomic E-state index is 12.2. The van der Waals surface area contributed by atoms with Crippen molar-refractivity contribution in [3.63, 3.8) is 0 Å². The maximum Gasteiger partial charge on any atom is 0.321 e. The standard InChI is InChI=1S/C17H20N4O3S/c1-11-9-13(25-16-18-7-4-8-19-16)5-6-14(11)20-17(24)21(3)10-12(2)15(22)23/h4-9,12H,10H2,1-3H3,(H,20,24)(H,22,23). The number of hydrogen-bond donors (Lipinski definition) is 2. The van der Waals surface area contributed by atoms with Gasteiger partial charge in [-0.2, -0.15) is 0 Å². The monoisotopic (exact) mass is 360 g/mol. The van der Waals surface area contributed by atoms with Crippen LogP contribution in [0.5, 0.6) is 0 Å². The highest BCUT2D eigenvalue weighted by molar-refractivity contribution is 7.99. The Hall–Kier alpha value is -2.61. The number of benzene rings is 1. The normalized spacial score (nSPS) is 11.6. The molecule has 1 aromatic carbocycles. The van der Waals surface area contributed by atoms with Gasteiger partial charge < -0.3 is 15.3 Å². The van der Waals surface area contributed by atoms with Crippen LogP contribution in [0.15, 0.2) is 46.7 Å². The van der Waals surface area contributed by atoms with Gasteiger partial charge in [-0.05, 0) is 48.5 Å². The summed E-state index contributed by atoms with van der Waals surface area (Å²) in [7, 11) is 1.57. The molecule has 0 aliphatic heterocycles. The van der Waals surface area contributed by atoms with Crippen molar-refractivity contribution in [3.05, 3.63) is 42.2 Å². The molecule has 1 heterocycles. The van der Waals surface area contributed by atoms with Crippen molar-refractivity contribution < 1.29 is 14.7 Å². The minimum atomic E-state index is -0.930. The largest absolute Gasteiger partial charge is 0.481 e. The number of nitrogens with one attached hydrogen (secondary N) is 1. The Balaban J connectivity index is 2.00. The molecule has 0 saturated carbocycles. The van der Waals surface area contributed by atoms with Crippen molar-refractivity contribution in [2.75, 3.05) is 18.9 Å². The molecule has 0 spiro atoms. The lowest BCUT2D eigenvalue weighted by molar-refractivity contribution is -0.141. The van der Waals surface area contributed by atoms with E-state index < -0.39 is 11.9 Å². The number of hydrogen-bond acceptors (Lipinski definition) is 5. The molecule has 1 atom stereocenters. The summed E-state index contributed by atoms with van der Waals surface area (Å²) in [5.74, 6) is -1.55. The van der Waals surface area contributed by atoms with E-state index >= 15 is 0 Å². The number of aromatic nitrogens is 2. The maximum absolute atomic E-state index is 12.2. The fraction of sp³-hybridized carbons (Fsp3) is 0.294. The van der Waals surface area contributed by atoms with Gasteiger partial charge in [-0.3, -0.25) is 4.79 Å². The zero-order chi connectivity index (χ0) is 18.4. The van der Waals surface area contributed by atoms with Crippen LogP contribution in [-0.4, -0.2) is 45.6 Å². The first-order valence-corrected chi connectivity index (χ1v) is 8.49. The highest BCUT2D eigenvalue weighted by atomic mass is 32.2. The predicted octanol–water partition coefficient (Wildman–Crippen LogP) is 3.12. The van der Waals surface area contributed by atoms with E-state index in [1.165, 1.54) is 16.7 Å². The van der Waals surface area contributed by atoms with E-state index in [0.717, 1.165) is 10.5 Å². The second-order valence-electron chi connectivity index (χ2n) is 5.66. The number of rotatable bonds is 6. The number of urea groups is 1. The summed E-state index contributed by atoms with van der Waals surface area (Å²) < 4.78 is 0. The number of nitrogens with zero attached hydrogens (tertiary/aromatic N) is 3. The Morgan fingerprint density at radius 1 is 1.32 bits per heavy atom. The highest BCUT2D eigenvalue weighted by Gasteiger charge is 2.17. The van der Waals surface area contributed by atoms with Gasteiger partial charge in [0.2, 0.25) is 0 Å². The molecule has 25 heavy (non-hydrogen) atoms. The number of anilines is 1. The number of amides is 2. The summed E-state index contributed by atoms with van der Waals surface area (Å²) in [5, 5.41) is 12.4.